The molecular formula is C17H16Cl2N2O. The molecule has 3 nitrogen and oxygen atoms in total. The lowest BCUT2D eigenvalue weighted by atomic mass is 10.0. The minimum absolute atomic E-state index is 0.0206. The maximum Gasteiger partial charge on any atom is 0.257 e. The number of hydrogen-bond acceptors (Lipinski definition) is 2. The van der Waals surface area contributed by atoms with Gasteiger partial charge in [0.15, 0.2) is 0 Å². The Hall–Kier alpha value is -1.71. The van der Waals surface area contributed by atoms with Crippen LogP contribution in [0.15, 0.2) is 42.5 Å². The molecule has 0 aliphatic carbocycles. The third-order valence-electron chi connectivity index (χ3n) is 3.74. The highest BCUT2D eigenvalue weighted by molar-refractivity contribution is 6.35. The van der Waals surface area contributed by atoms with Crippen molar-refractivity contribution in [2.75, 3.05) is 11.9 Å². The van der Waals surface area contributed by atoms with Crippen molar-refractivity contribution in [2.24, 2.45) is 0 Å². The van der Waals surface area contributed by atoms with Crippen LogP contribution in [0.25, 0.3) is 0 Å². The van der Waals surface area contributed by atoms with Crippen LogP contribution >= 0.6 is 23.2 Å². The number of carbonyl (C=O) groups is 1. The number of nitrogens with one attached hydrogen (secondary N) is 1. The van der Waals surface area contributed by atoms with E-state index in [0.29, 0.717) is 22.2 Å². The second-order valence-electron chi connectivity index (χ2n) is 5.26. The first-order valence-electron chi connectivity index (χ1n) is 7.23. The molecule has 1 heterocycles. The predicted octanol–water partition coefficient (Wildman–Crippen LogP) is 4.97. The SMILES string of the molecule is CCCN1C(=O)c2ccccc2N[C@H]1c1ccc(Cl)cc1Cl. The standard InChI is InChI=1S/C17H16Cl2N2O/c1-2-9-21-16(12-8-7-11(18)10-14(12)19)20-15-6-4-3-5-13(15)17(21)22/h3-8,10,16,20H,2,9H2,1H3/t16-/m1/s1. The Bertz CT molecular complexity index is 718. The van der Waals surface area contributed by atoms with Crippen molar-refractivity contribution >= 4 is 34.8 Å². The van der Waals surface area contributed by atoms with E-state index in [9.17, 15) is 4.79 Å². The minimum Gasteiger partial charge on any atom is -0.361 e. The zero-order valence-electron chi connectivity index (χ0n) is 12.1. The number of nitrogens with zero attached hydrogens (tertiary/aromatic N) is 1. The molecule has 1 N–H and O–H groups in total. The Morgan fingerprint density at radius 2 is 1.95 bits per heavy atom. The molecule has 1 atom stereocenters. The summed E-state index contributed by atoms with van der Waals surface area (Å²) in [6, 6.07) is 12.9. The topological polar surface area (TPSA) is 32.3 Å². The van der Waals surface area contributed by atoms with Gasteiger partial charge in [-0.05, 0) is 30.7 Å². The summed E-state index contributed by atoms with van der Waals surface area (Å²) in [5, 5.41) is 4.55. The van der Waals surface area contributed by atoms with Crippen molar-refractivity contribution in [2.45, 2.75) is 19.5 Å². The minimum atomic E-state index is -0.285. The van der Waals surface area contributed by atoms with Crippen LogP contribution in [-0.2, 0) is 0 Å². The highest BCUT2D eigenvalue weighted by Crippen LogP contribution is 2.36. The summed E-state index contributed by atoms with van der Waals surface area (Å²) < 4.78 is 0. The molecule has 0 saturated heterocycles. The fourth-order valence-electron chi connectivity index (χ4n) is 2.73. The summed E-state index contributed by atoms with van der Waals surface area (Å²) in [6.07, 6.45) is 0.587. The van der Waals surface area contributed by atoms with Crippen LogP contribution < -0.4 is 5.32 Å². The van der Waals surface area contributed by atoms with Crippen molar-refractivity contribution in [1.29, 1.82) is 0 Å². The van der Waals surface area contributed by atoms with Gasteiger partial charge in [-0.15, -0.1) is 0 Å². The number of fused-ring (bicyclic) bond motifs is 1. The maximum atomic E-state index is 12.8. The molecular weight excluding hydrogens is 319 g/mol. The fourth-order valence-corrected chi connectivity index (χ4v) is 3.24. The summed E-state index contributed by atoms with van der Waals surface area (Å²) in [4.78, 5) is 14.6. The van der Waals surface area contributed by atoms with Crippen LogP contribution in [0.1, 0.15) is 35.4 Å². The molecule has 2 aromatic rings. The van der Waals surface area contributed by atoms with Crippen LogP contribution in [0.3, 0.4) is 0 Å². The Morgan fingerprint density at radius 1 is 1.18 bits per heavy atom. The van der Waals surface area contributed by atoms with Crippen LogP contribution in [0, 0.1) is 0 Å². The van der Waals surface area contributed by atoms with Gasteiger partial charge in [-0.2, -0.15) is 0 Å². The molecule has 1 aliphatic heterocycles. The zero-order chi connectivity index (χ0) is 15.7. The molecule has 0 spiro atoms. The summed E-state index contributed by atoms with van der Waals surface area (Å²) in [6.45, 7) is 2.71. The van der Waals surface area contributed by atoms with Crippen LogP contribution in [-0.4, -0.2) is 17.4 Å². The molecule has 0 saturated carbocycles. The van der Waals surface area contributed by atoms with E-state index < -0.39 is 0 Å². The van der Waals surface area contributed by atoms with Crippen molar-refractivity contribution < 1.29 is 4.79 Å². The highest BCUT2D eigenvalue weighted by Gasteiger charge is 2.33. The number of rotatable bonds is 3. The van der Waals surface area contributed by atoms with Gasteiger partial charge in [-0.1, -0.05) is 48.3 Å². The van der Waals surface area contributed by atoms with Crippen molar-refractivity contribution in [1.82, 2.24) is 4.90 Å². The van der Waals surface area contributed by atoms with Gasteiger partial charge in [0.05, 0.1) is 5.56 Å². The van der Waals surface area contributed by atoms with Crippen molar-refractivity contribution in [3.05, 3.63) is 63.6 Å². The van der Waals surface area contributed by atoms with Crippen LogP contribution in [0.4, 0.5) is 5.69 Å². The third kappa shape index (κ3) is 2.67. The third-order valence-corrected chi connectivity index (χ3v) is 4.31. The maximum absolute atomic E-state index is 12.8. The highest BCUT2D eigenvalue weighted by atomic mass is 35.5. The lowest BCUT2D eigenvalue weighted by Crippen LogP contribution is -2.43. The lowest BCUT2D eigenvalue weighted by Gasteiger charge is -2.38. The van der Waals surface area contributed by atoms with E-state index in [1.54, 1.807) is 12.1 Å². The summed E-state index contributed by atoms with van der Waals surface area (Å²) in [5.74, 6) is 0.0206. The summed E-state index contributed by atoms with van der Waals surface area (Å²) in [5.41, 5.74) is 2.37. The molecule has 0 unspecified atom stereocenters. The summed E-state index contributed by atoms with van der Waals surface area (Å²) >= 11 is 12.3. The van der Waals surface area contributed by atoms with E-state index in [-0.39, 0.29) is 12.1 Å². The largest absolute Gasteiger partial charge is 0.361 e. The number of amides is 1. The predicted molar refractivity (Wildman–Crippen MR) is 90.6 cm³/mol. The van der Waals surface area contributed by atoms with Gasteiger partial charge in [-0.3, -0.25) is 4.79 Å². The van der Waals surface area contributed by atoms with Crippen molar-refractivity contribution in [3.8, 4) is 0 Å². The Balaban J connectivity index is 2.07. The monoisotopic (exact) mass is 334 g/mol. The fraction of sp³-hybridized carbons (Fsp3) is 0.235. The van der Waals surface area contributed by atoms with Crippen molar-refractivity contribution in [3.63, 3.8) is 0 Å². The van der Waals surface area contributed by atoms with Crippen LogP contribution in [0.5, 0.6) is 0 Å². The number of benzene rings is 2. The first kappa shape index (κ1) is 15.2. The van der Waals surface area contributed by atoms with E-state index in [0.717, 1.165) is 17.7 Å². The van der Waals surface area contributed by atoms with Gasteiger partial charge in [0.1, 0.15) is 6.17 Å². The molecule has 1 amide bonds. The number of anilines is 1. The van der Waals surface area contributed by atoms with Gasteiger partial charge in [-0.25, -0.2) is 0 Å². The lowest BCUT2D eigenvalue weighted by molar-refractivity contribution is 0.0683. The number of hydrogen-bond donors (Lipinski definition) is 1. The molecule has 1 aliphatic rings. The van der Waals surface area contributed by atoms with Gasteiger partial charge >= 0.3 is 0 Å². The molecule has 114 valence electrons. The second-order valence-corrected chi connectivity index (χ2v) is 6.10. The Labute approximate surface area is 139 Å². The van der Waals surface area contributed by atoms with Gasteiger partial charge in [0.25, 0.3) is 5.91 Å². The summed E-state index contributed by atoms with van der Waals surface area (Å²) in [7, 11) is 0. The molecule has 22 heavy (non-hydrogen) atoms. The first-order chi connectivity index (χ1) is 10.6. The molecule has 5 heteroatoms. The van der Waals surface area contributed by atoms with Crippen LogP contribution in [0.2, 0.25) is 10.0 Å². The van der Waals surface area contributed by atoms with E-state index in [1.807, 2.05) is 42.2 Å². The van der Waals surface area contributed by atoms with Gasteiger partial charge in [0.2, 0.25) is 0 Å². The van der Waals surface area contributed by atoms with E-state index in [1.165, 1.54) is 0 Å². The average molecular weight is 335 g/mol. The van der Waals surface area contributed by atoms with Gasteiger partial charge in [0, 0.05) is 27.8 Å². The van der Waals surface area contributed by atoms with Gasteiger partial charge < -0.3 is 10.2 Å². The number of halogens is 2. The van der Waals surface area contributed by atoms with E-state index >= 15 is 0 Å². The molecule has 0 bridgehead atoms. The first-order valence-corrected chi connectivity index (χ1v) is 7.99. The number of para-hydroxylation sites is 1. The molecule has 0 aromatic heterocycles. The van der Waals surface area contributed by atoms with E-state index in [2.05, 4.69) is 5.32 Å². The normalized spacial score (nSPS) is 17.1. The van der Waals surface area contributed by atoms with E-state index in [4.69, 9.17) is 23.2 Å². The average Bonchev–Trinajstić information content (AvgIpc) is 2.50. The molecule has 3 rings (SSSR count). The Morgan fingerprint density at radius 3 is 2.68 bits per heavy atom. The Kier molecular flexibility index (Phi) is 4.27. The molecule has 2 aromatic carbocycles. The quantitative estimate of drug-likeness (QED) is 0.859. The number of carbonyl (C=O) groups excluding carboxylic acids is 1. The second kappa shape index (κ2) is 6.19. The zero-order valence-corrected chi connectivity index (χ0v) is 13.7. The molecule has 0 radical (unpaired) electrons. The molecule has 0 fully saturated rings. The smallest absolute Gasteiger partial charge is 0.257 e.